The molecule has 8 nitrogen and oxygen atoms in total. The second-order valence-electron chi connectivity index (χ2n) is 6.66. The number of fused-ring (bicyclic) bond motifs is 1. The van der Waals surface area contributed by atoms with Crippen LogP contribution in [0.3, 0.4) is 0 Å². The number of amides is 1. The summed E-state index contributed by atoms with van der Waals surface area (Å²) in [5.41, 5.74) is 4.36. The number of hydrogen-bond donors (Lipinski definition) is 2. The van der Waals surface area contributed by atoms with E-state index in [-0.39, 0.29) is 18.9 Å². The smallest absolute Gasteiger partial charge is 0.255 e. The van der Waals surface area contributed by atoms with Crippen LogP contribution in [0.1, 0.15) is 11.5 Å². The molecule has 8 heteroatoms. The van der Waals surface area contributed by atoms with Crippen molar-refractivity contribution >= 4 is 11.6 Å². The highest BCUT2D eigenvalue weighted by atomic mass is 16.5. The molecule has 140 valence electrons. The summed E-state index contributed by atoms with van der Waals surface area (Å²) in [5, 5.41) is 37.9. The summed E-state index contributed by atoms with van der Waals surface area (Å²) in [6, 6.07) is 12.7. The van der Waals surface area contributed by atoms with Gasteiger partial charge in [0.25, 0.3) is 5.91 Å². The van der Waals surface area contributed by atoms with Crippen molar-refractivity contribution in [3.05, 3.63) is 41.5 Å². The fourth-order valence-corrected chi connectivity index (χ4v) is 3.94. The number of ether oxygens (including phenoxy) is 2. The number of nitrogens with zero attached hydrogens (tertiary/aromatic N) is 3. The van der Waals surface area contributed by atoms with Gasteiger partial charge in [0.15, 0.2) is 12.0 Å². The van der Waals surface area contributed by atoms with Crippen LogP contribution < -0.4 is 10.5 Å². The largest absolute Gasteiger partial charge is 0.484 e. The van der Waals surface area contributed by atoms with Crippen LogP contribution in [0.15, 0.2) is 35.9 Å². The van der Waals surface area contributed by atoms with Crippen LogP contribution in [-0.4, -0.2) is 31.4 Å². The van der Waals surface area contributed by atoms with Crippen molar-refractivity contribution in [2.75, 3.05) is 19.8 Å². The summed E-state index contributed by atoms with van der Waals surface area (Å²) in [4.78, 5) is 11.0. The number of rotatable bonds is 4. The van der Waals surface area contributed by atoms with E-state index in [1.807, 2.05) is 12.1 Å². The first-order chi connectivity index (χ1) is 13.5. The summed E-state index contributed by atoms with van der Waals surface area (Å²) in [6.07, 6.45) is 1.76. The van der Waals surface area contributed by atoms with Crippen molar-refractivity contribution in [1.82, 2.24) is 0 Å². The molecule has 0 spiro atoms. The van der Waals surface area contributed by atoms with Crippen LogP contribution >= 0.6 is 0 Å². The molecule has 0 radical (unpaired) electrons. The Balaban J connectivity index is 2.14. The van der Waals surface area contributed by atoms with Gasteiger partial charge in [-0.3, -0.25) is 4.79 Å². The van der Waals surface area contributed by atoms with Gasteiger partial charge in [0.2, 0.25) is 0 Å². The predicted molar refractivity (Wildman–Crippen MR) is 96.8 cm³/mol. The van der Waals surface area contributed by atoms with Gasteiger partial charge in [0.05, 0.1) is 37.1 Å². The third-order valence-electron chi connectivity index (χ3n) is 5.16. The standard InChI is InChI=1S/C20H17N5O3/c21-7-15-14-4-5-27-8-16(14)18(20(10-22,11-23)19(15)25)12-2-1-3-13(6-12)28-9-17(24)26/h1-4,6,15-16,18,25H,5,8-9H2,(H2,24,26)/t15-,16+,18-/m1/s1. The molecule has 3 atom stereocenters. The van der Waals surface area contributed by atoms with Crippen molar-refractivity contribution in [1.29, 1.82) is 21.2 Å². The predicted octanol–water partition coefficient (Wildman–Crippen LogP) is 1.41. The molecule has 2 aliphatic rings. The van der Waals surface area contributed by atoms with E-state index in [0.717, 1.165) is 0 Å². The third kappa shape index (κ3) is 2.99. The molecule has 0 aromatic heterocycles. The van der Waals surface area contributed by atoms with Gasteiger partial charge in [0.1, 0.15) is 11.7 Å². The molecule has 1 aliphatic heterocycles. The van der Waals surface area contributed by atoms with Gasteiger partial charge in [-0.25, -0.2) is 0 Å². The zero-order valence-electron chi connectivity index (χ0n) is 14.9. The van der Waals surface area contributed by atoms with Crippen LogP contribution in [0.5, 0.6) is 5.75 Å². The molecular weight excluding hydrogens is 358 g/mol. The van der Waals surface area contributed by atoms with E-state index < -0.39 is 29.1 Å². The van der Waals surface area contributed by atoms with Gasteiger partial charge < -0.3 is 20.6 Å². The van der Waals surface area contributed by atoms with Gasteiger partial charge in [-0.05, 0) is 23.3 Å². The van der Waals surface area contributed by atoms with E-state index in [1.165, 1.54) is 0 Å². The maximum Gasteiger partial charge on any atom is 0.255 e. The van der Waals surface area contributed by atoms with Crippen molar-refractivity contribution < 1.29 is 14.3 Å². The lowest BCUT2D eigenvalue weighted by Gasteiger charge is -2.45. The maximum absolute atomic E-state index is 11.0. The lowest BCUT2D eigenvalue weighted by atomic mass is 9.54. The van der Waals surface area contributed by atoms with Gasteiger partial charge in [-0.15, -0.1) is 0 Å². The Hall–Kier alpha value is -3.67. The summed E-state index contributed by atoms with van der Waals surface area (Å²) in [5.74, 6) is -2.33. The zero-order valence-corrected chi connectivity index (χ0v) is 14.9. The quantitative estimate of drug-likeness (QED) is 0.758. The normalized spacial score (nSPS) is 25.2. The minimum absolute atomic E-state index is 0.224. The Morgan fingerprint density at radius 1 is 1.36 bits per heavy atom. The number of carbonyl (C=O) groups excluding carboxylic acids is 1. The number of hydrogen-bond acceptors (Lipinski definition) is 7. The Morgan fingerprint density at radius 3 is 2.75 bits per heavy atom. The first-order valence-corrected chi connectivity index (χ1v) is 8.58. The van der Waals surface area contributed by atoms with Crippen LogP contribution in [0.4, 0.5) is 0 Å². The van der Waals surface area contributed by atoms with E-state index >= 15 is 0 Å². The Labute approximate surface area is 161 Å². The van der Waals surface area contributed by atoms with Gasteiger partial charge in [0, 0.05) is 11.8 Å². The van der Waals surface area contributed by atoms with Gasteiger partial charge >= 0.3 is 0 Å². The number of primary amides is 1. The van der Waals surface area contributed by atoms with Gasteiger partial charge in [-0.2, -0.15) is 15.8 Å². The molecule has 28 heavy (non-hydrogen) atoms. The fourth-order valence-electron chi connectivity index (χ4n) is 3.94. The van der Waals surface area contributed by atoms with Crippen molar-refractivity contribution in [3.8, 4) is 24.0 Å². The molecule has 1 heterocycles. The number of nitrogens with two attached hydrogens (primary N) is 1. The highest BCUT2D eigenvalue weighted by Crippen LogP contribution is 2.53. The molecule has 0 unspecified atom stereocenters. The number of benzene rings is 1. The Bertz CT molecular complexity index is 965. The summed E-state index contributed by atoms with van der Waals surface area (Å²) in [6.45, 7) is 0.247. The molecule has 1 fully saturated rings. The average Bonchev–Trinajstić information content (AvgIpc) is 2.71. The first-order valence-electron chi connectivity index (χ1n) is 8.58. The van der Waals surface area contributed by atoms with Crippen LogP contribution in [0.2, 0.25) is 0 Å². The van der Waals surface area contributed by atoms with Crippen molar-refractivity contribution in [2.24, 2.45) is 23.0 Å². The Kier molecular flexibility index (Phi) is 5.13. The fraction of sp³-hybridized carbons (Fsp3) is 0.350. The van der Waals surface area contributed by atoms with E-state index in [9.17, 15) is 20.6 Å². The minimum Gasteiger partial charge on any atom is -0.484 e. The average molecular weight is 375 g/mol. The second-order valence-corrected chi connectivity index (χ2v) is 6.66. The third-order valence-corrected chi connectivity index (χ3v) is 5.16. The number of carbonyl (C=O) groups is 1. The van der Waals surface area contributed by atoms with E-state index in [1.54, 1.807) is 30.3 Å². The molecule has 3 N–H and O–H groups in total. The highest BCUT2D eigenvalue weighted by molar-refractivity contribution is 6.00. The lowest BCUT2D eigenvalue weighted by Crippen LogP contribution is -2.50. The monoisotopic (exact) mass is 375 g/mol. The number of nitrogens with one attached hydrogen (secondary N) is 1. The number of nitriles is 3. The Morgan fingerprint density at radius 2 is 2.11 bits per heavy atom. The molecule has 0 bridgehead atoms. The maximum atomic E-state index is 11.0. The molecule has 0 saturated heterocycles. The molecular formula is C20H17N5O3. The second kappa shape index (κ2) is 7.52. The first kappa shape index (κ1) is 19.1. The minimum atomic E-state index is -1.81. The summed E-state index contributed by atoms with van der Waals surface area (Å²) in [7, 11) is 0. The molecule has 1 aromatic rings. The molecule has 1 amide bonds. The van der Waals surface area contributed by atoms with Crippen LogP contribution in [-0.2, 0) is 9.53 Å². The van der Waals surface area contributed by atoms with Crippen LogP contribution in [0.25, 0.3) is 0 Å². The highest BCUT2D eigenvalue weighted by Gasteiger charge is 2.57. The topological polar surface area (TPSA) is 157 Å². The van der Waals surface area contributed by atoms with Gasteiger partial charge in [-0.1, -0.05) is 18.2 Å². The SMILES string of the molecule is N#C[C@H]1C(=N)C(C#N)(C#N)[C@H](c2cccc(OCC(N)=O)c2)[C@H]2COCC=C12. The molecule has 1 aromatic carbocycles. The van der Waals surface area contributed by atoms with Crippen LogP contribution in [0, 0.1) is 56.7 Å². The van der Waals surface area contributed by atoms with E-state index in [2.05, 4.69) is 6.07 Å². The summed E-state index contributed by atoms with van der Waals surface area (Å²) < 4.78 is 10.9. The summed E-state index contributed by atoms with van der Waals surface area (Å²) >= 11 is 0. The molecule has 1 aliphatic carbocycles. The van der Waals surface area contributed by atoms with Crippen molar-refractivity contribution in [3.63, 3.8) is 0 Å². The lowest BCUT2D eigenvalue weighted by molar-refractivity contribution is -0.119. The zero-order chi connectivity index (χ0) is 20.3. The molecule has 1 saturated carbocycles. The van der Waals surface area contributed by atoms with E-state index in [0.29, 0.717) is 23.5 Å². The van der Waals surface area contributed by atoms with E-state index in [4.69, 9.17) is 20.6 Å². The van der Waals surface area contributed by atoms with Crippen molar-refractivity contribution in [2.45, 2.75) is 5.92 Å². The molecule has 3 rings (SSSR count).